The molecule has 1 heterocycles. The van der Waals surface area contributed by atoms with Gasteiger partial charge in [-0.2, -0.15) is 0 Å². The molecular formula is C18H23FN2O3. The second-order valence-corrected chi connectivity index (χ2v) is 6.81. The summed E-state index contributed by atoms with van der Waals surface area (Å²) in [6.07, 6.45) is 1.54. The van der Waals surface area contributed by atoms with E-state index in [-0.39, 0.29) is 30.1 Å². The van der Waals surface area contributed by atoms with Crippen LogP contribution in [-0.2, 0) is 11.2 Å². The number of halogens is 1. The number of carbonyl (C=O) groups excluding carboxylic acids is 1. The van der Waals surface area contributed by atoms with E-state index in [1.165, 1.54) is 12.1 Å². The summed E-state index contributed by atoms with van der Waals surface area (Å²) in [5.41, 5.74) is 0.452. The summed E-state index contributed by atoms with van der Waals surface area (Å²) in [6, 6.07) is 5.93. The SMILES string of the molecule is CC(C)(C)C(O)CNC(=O)CCc1ncc(-c2ccc(F)cc2)o1. The van der Waals surface area contributed by atoms with Crippen molar-refractivity contribution in [3.63, 3.8) is 0 Å². The molecule has 5 nitrogen and oxygen atoms in total. The van der Waals surface area contributed by atoms with Crippen LogP contribution in [0.25, 0.3) is 11.3 Å². The summed E-state index contributed by atoms with van der Waals surface area (Å²) >= 11 is 0. The van der Waals surface area contributed by atoms with E-state index in [0.717, 1.165) is 5.56 Å². The summed E-state index contributed by atoms with van der Waals surface area (Å²) in [5, 5.41) is 12.6. The van der Waals surface area contributed by atoms with Crippen LogP contribution in [0.3, 0.4) is 0 Å². The van der Waals surface area contributed by atoms with Gasteiger partial charge in [0.1, 0.15) is 5.82 Å². The van der Waals surface area contributed by atoms with E-state index >= 15 is 0 Å². The number of aliphatic hydroxyl groups is 1. The third-order valence-electron chi connectivity index (χ3n) is 3.74. The average Bonchev–Trinajstić information content (AvgIpc) is 2.99. The largest absolute Gasteiger partial charge is 0.441 e. The minimum Gasteiger partial charge on any atom is -0.441 e. The first-order valence-electron chi connectivity index (χ1n) is 7.91. The molecule has 2 N–H and O–H groups in total. The number of aromatic nitrogens is 1. The third-order valence-corrected chi connectivity index (χ3v) is 3.74. The molecule has 1 aromatic carbocycles. The monoisotopic (exact) mass is 334 g/mol. The summed E-state index contributed by atoms with van der Waals surface area (Å²) < 4.78 is 18.5. The summed E-state index contributed by atoms with van der Waals surface area (Å²) in [6.45, 7) is 5.95. The Labute approximate surface area is 140 Å². The number of hydrogen-bond donors (Lipinski definition) is 2. The van der Waals surface area contributed by atoms with Crippen molar-refractivity contribution in [2.45, 2.75) is 39.7 Å². The van der Waals surface area contributed by atoms with Crippen LogP contribution in [0, 0.1) is 11.2 Å². The Morgan fingerprint density at radius 1 is 1.33 bits per heavy atom. The van der Waals surface area contributed by atoms with E-state index in [9.17, 15) is 14.3 Å². The highest BCUT2D eigenvalue weighted by molar-refractivity contribution is 5.76. The Kier molecular flexibility index (Phi) is 5.72. The van der Waals surface area contributed by atoms with Crippen LogP contribution in [0.4, 0.5) is 4.39 Å². The van der Waals surface area contributed by atoms with E-state index in [2.05, 4.69) is 10.3 Å². The molecule has 0 saturated heterocycles. The molecule has 0 aliphatic rings. The van der Waals surface area contributed by atoms with Gasteiger partial charge in [-0.1, -0.05) is 20.8 Å². The molecule has 24 heavy (non-hydrogen) atoms. The average molecular weight is 334 g/mol. The molecule has 1 aromatic heterocycles. The number of aryl methyl sites for hydroxylation is 1. The molecular weight excluding hydrogens is 311 g/mol. The van der Waals surface area contributed by atoms with Crippen LogP contribution < -0.4 is 5.32 Å². The van der Waals surface area contributed by atoms with Crippen LogP contribution in [0.15, 0.2) is 34.9 Å². The van der Waals surface area contributed by atoms with Gasteiger partial charge in [-0.15, -0.1) is 0 Å². The standard InChI is InChI=1S/C18H23FN2O3/c1-18(2,3)15(22)11-20-16(23)8-9-17-21-10-14(24-17)12-4-6-13(19)7-5-12/h4-7,10,15,22H,8-9,11H2,1-3H3,(H,20,23). The second kappa shape index (κ2) is 7.57. The van der Waals surface area contributed by atoms with Crippen molar-refractivity contribution in [1.29, 1.82) is 0 Å². The molecule has 0 aliphatic carbocycles. The molecule has 2 rings (SSSR count). The molecule has 130 valence electrons. The van der Waals surface area contributed by atoms with Gasteiger partial charge < -0.3 is 14.8 Å². The van der Waals surface area contributed by atoms with E-state index in [1.807, 2.05) is 20.8 Å². The molecule has 1 unspecified atom stereocenters. The molecule has 0 spiro atoms. The second-order valence-electron chi connectivity index (χ2n) is 6.81. The van der Waals surface area contributed by atoms with Crippen LogP contribution in [-0.4, -0.2) is 28.6 Å². The fraction of sp³-hybridized carbons (Fsp3) is 0.444. The predicted molar refractivity (Wildman–Crippen MR) is 88.7 cm³/mol. The fourth-order valence-corrected chi connectivity index (χ4v) is 2.00. The summed E-state index contributed by atoms with van der Waals surface area (Å²) in [7, 11) is 0. The van der Waals surface area contributed by atoms with E-state index < -0.39 is 6.10 Å². The van der Waals surface area contributed by atoms with Crippen molar-refractivity contribution in [3.8, 4) is 11.3 Å². The number of nitrogens with zero attached hydrogens (tertiary/aromatic N) is 1. The molecule has 1 atom stereocenters. The maximum Gasteiger partial charge on any atom is 0.220 e. The molecule has 0 fully saturated rings. The molecule has 0 saturated carbocycles. The lowest BCUT2D eigenvalue weighted by Gasteiger charge is -2.25. The Morgan fingerprint density at radius 2 is 2.00 bits per heavy atom. The zero-order valence-corrected chi connectivity index (χ0v) is 14.2. The minimum absolute atomic E-state index is 0.167. The number of hydrogen-bond acceptors (Lipinski definition) is 4. The molecule has 0 aliphatic heterocycles. The van der Waals surface area contributed by atoms with Gasteiger partial charge in [0.15, 0.2) is 11.7 Å². The molecule has 0 bridgehead atoms. The highest BCUT2D eigenvalue weighted by Gasteiger charge is 2.22. The number of benzene rings is 1. The van der Waals surface area contributed by atoms with E-state index in [0.29, 0.717) is 18.1 Å². The van der Waals surface area contributed by atoms with Crippen molar-refractivity contribution >= 4 is 5.91 Å². The molecule has 6 heteroatoms. The van der Waals surface area contributed by atoms with Gasteiger partial charge in [-0.25, -0.2) is 9.37 Å². The number of oxazole rings is 1. The van der Waals surface area contributed by atoms with Crippen molar-refractivity contribution in [3.05, 3.63) is 42.2 Å². The Hall–Kier alpha value is -2.21. The maximum absolute atomic E-state index is 12.9. The van der Waals surface area contributed by atoms with Gasteiger partial charge in [0.2, 0.25) is 5.91 Å². The zero-order chi connectivity index (χ0) is 17.7. The lowest BCUT2D eigenvalue weighted by Crippen LogP contribution is -2.39. The maximum atomic E-state index is 12.9. The van der Waals surface area contributed by atoms with Gasteiger partial charge in [-0.05, 0) is 29.7 Å². The summed E-state index contributed by atoms with van der Waals surface area (Å²) in [5.74, 6) is 0.502. The number of nitrogens with one attached hydrogen (secondary N) is 1. The van der Waals surface area contributed by atoms with Crippen molar-refractivity contribution in [2.24, 2.45) is 5.41 Å². The van der Waals surface area contributed by atoms with Crippen LogP contribution in [0.2, 0.25) is 0 Å². The topological polar surface area (TPSA) is 75.4 Å². The van der Waals surface area contributed by atoms with Crippen LogP contribution in [0.1, 0.15) is 33.1 Å². The van der Waals surface area contributed by atoms with Gasteiger partial charge in [0.25, 0.3) is 0 Å². The normalized spacial score (nSPS) is 12.9. The first kappa shape index (κ1) is 18.1. The number of carbonyl (C=O) groups is 1. The Morgan fingerprint density at radius 3 is 2.62 bits per heavy atom. The number of amides is 1. The Balaban J connectivity index is 1.82. The zero-order valence-electron chi connectivity index (χ0n) is 14.2. The smallest absolute Gasteiger partial charge is 0.220 e. The number of aliphatic hydroxyl groups excluding tert-OH is 1. The highest BCUT2D eigenvalue weighted by atomic mass is 19.1. The van der Waals surface area contributed by atoms with Crippen molar-refractivity contribution in [2.75, 3.05) is 6.54 Å². The van der Waals surface area contributed by atoms with Crippen molar-refractivity contribution in [1.82, 2.24) is 10.3 Å². The number of rotatable bonds is 6. The fourth-order valence-electron chi connectivity index (χ4n) is 2.00. The predicted octanol–water partition coefficient (Wildman–Crippen LogP) is 2.94. The van der Waals surface area contributed by atoms with Gasteiger partial charge in [0.05, 0.1) is 12.3 Å². The van der Waals surface area contributed by atoms with Crippen LogP contribution in [0.5, 0.6) is 0 Å². The third kappa shape index (κ3) is 5.16. The molecule has 2 aromatic rings. The van der Waals surface area contributed by atoms with Crippen molar-refractivity contribution < 1.29 is 18.7 Å². The molecule has 0 radical (unpaired) electrons. The van der Waals surface area contributed by atoms with Gasteiger partial charge >= 0.3 is 0 Å². The van der Waals surface area contributed by atoms with E-state index in [4.69, 9.17) is 4.42 Å². The Bertz CT molecular complexity index is 674. The van der Waals surface area contributed by atoms with Gasteiger partial charge in [-0.3, -0.25) is 4.79 Å². The first-order chi connectivity index (χ1) is 11.3. The van der Waals surface area contributed by atoms with E-state index in [1.54, 1.807) is 18.3 Å². The highest BCUT2D eigenvalue weighted by Crippen LogP contribution is 2.21. The van der Waals surface area contributed by atoms with Crippen LogP contribution >= 0.6 is 0 Å². The molecule has 1 amide bonds. The lowest BCUT2D eigenvalue weighted by molar-refractivity contribution is -0.121. The quantitative estimate of drug-likeness (QED) is 0.852. The minimum atomic E-state index is -0.603. The van der Waals surface area contributed by atoms with Gasteiger partial charge in [0, 0.05) is 24.9 Å². The summed E-state index contributed by atoms with van der Waals surface area (Å²) in [4.78, 5) is 16.0. The lowest BCUT2D eigenvalue weighted by atomic mass is 9.89. The first-order valence-corrected chi connectivity index (χ1v) is 7.91.